The quantitative estimate of drug-likeness (QED) is 0.801. The lowest BCUT2D eigenvalue weighted by Crippen LogP contribution is -2.10. The summed E-state index contributed by atoms with van der Waals surface area (Å²) in [6.45, 7) is 4.49. The van der Waals surface area contributed by atoms with E-state index >= 15 is 0 Å². The number of fused-ring (bicyclic) bond motifs is 1. The van der Waals surface area contributed by atoms with Gasteiger partial charge in [-0.05, 0) is 31.5 Å². The van der Waals surface area contributed by atoms with Crippen LogP contribution in [0.2, 0.25) is 0 Å². The summed E-state index contributed by atoms with van der Waals surface area (Å²) in [6.07, 6.45) is 0.150. The van der Waals surface area contributed by atoms with Crippen molar-refractivity contribution in [3.05, 3.63) is 64.4 Å². The highest BCUT2D eigenvalue weighted by Gasteiger charge is 2.10. The number of hydrogen-bond acceptors (Lipinski definition) is 3. The second-order valence-corrected chi connectivity index (χ2v) is 5.45. The Labute approximate surface area is 128 Å². The van der Waals surface area contributed by atoms with E-state index in [1.807, 2.05) is 56.3 Å². The monoisotopic (exact) mass is 294 g/mol. The third-order valence-electron chi connectivity index (χ3n) is 3.46. The molecule has 1 aromatic heterocycles. The molecule has 0 aliphatic heterocycles. The van der Waals surface area contributed by atoms with Gasteiger partial charge in [0.25, 0.3) is 5.56 Å². The van der Waals surface area contributed by atoms with Crippen LogP contribution < -0.4 is 5.56 Å². The van der Waals surface area contributed by atoms with Crippen molar-refractivity contribution in [1.82, 2.24) is 9.97 Å². The molecule has 0 aliphatic carbocycles. The molecule has 3 rings (SSSR count). The van der Waals surface area contributed by atoms with Crippen LogP contribution in [0.15, 0.2) is 53.3 Å². The van der Waals surface area contributed by atoms with Crippen molar-refractivity contribution in [3.63, 3.8) is 0 Å². The summed E-state index contributed by atoms with van der Waals surface area (Å²) >= 11 is 0. The van der Waals surface area contributed by atoms with Crippen LogP contribution in [-0.2, 0) is 11.3 Å². The van der Waals surface area contributed by atoms with Crippen molar-refractivity contribution in [1.29, 1.82) is 0 Å². The average Bonchev–Trinajstić information content (AvgIpc) is 2.53. The number of hydrogen-bond donors (Lipinski definition) is 1. The molecule has 0 aliphatic rings. The van der Waals surface area contributed by atoms with E-state index in [4.69, 9.17) is 4.74 Å². The van der Waals surface area contributed by atoms with Gasteiger partial charge in [-0.3, -0.25) is 4.79 Å². The molecule has 0 unspecified atom stereocenters. The van der Waals surface area contributed by atoms with Crippen molar-refractivity contribution >= 4 is 10.9 Å². The summed E-state index contributed by atoms with van der Waals surface area (Å²) < 4.78 is 5.69. The third kappa shape index (κ3) is 2.92. The number of aromatic nitrogens is 2. The van der Waals surface area contributed by atoms with Gasteiger partial charge in [0.15, 0.2) is 0 Å². The molecule has 0 amide bonds. The van der Waals surface area contributed by atoms with Crippen LogP contribution in [0.1, 0.15) is 19.4 Å². The molecule has 1 N–H and O–H groups in total. The second kappa shape index (κ2) is 6.12. The second-order valence-electron chi connectivity index (χ2n) is 5.45. The van der Waals surface area contributed by atoms with Crippen LogP contribution in [0.4, 0.5) is 0 Å². The number of ether oxygens (including phenoxy) is 1. The molecule has 22 heavy (non-hydrogen) atoms. The Hall–Kier alpha value is -2.46. The molecule has 3 aromatic rings. The van der Waals surface area contributed by atoms with Gasteiger partial charge in [-0.25, -0.2) is 4.98 Å². The Balaban J connectivity index is 2.09. The smallest absolute Gasteiger partial charge is 0.259 e. The minimum atomic E-state index is -0.125. The van der Waals surface area contributed by atoms with Gasteiger partial charge in [-0.1, -0.05) is 36.4 Å². The zero-order chi connectivity index (χ0) is 15.5. The van der Waals surface area contributed by atoms with Gasteiger partial charge in [-0.15, -0.1) is 0 Å². The number of benzene rings is 2. The summed E-state index contributed by atoms with van der Waals surface area (Å²) in [5.41, 5.74) is 2.47. The fourth-order valence-electron chi connectivity index (χ4n) is 2.35. The van der Waals surface area contributed by atoms with E-state index in [1.54, 1.807) is 6.07 Å². The number of rotatable bonds is 4. The predicted molar refractivity (Wildman–Crippen MR) is 87.7 cm³/mol. The zero-order valence-corrected chi connectivity index (χ0v) is 12.7. The molecule has 0 saturated heterocycles. The Morgan fingerprint density at radius 3 is 2.64 bits per heavy atom. The van der Waals surface area contributed by atoms with Gasteiger partial charge in [0.2, 0.25) is 0 Å². The molecule has 0 saturated carbocycles. The number of nitrogens with zero attached hydrogens (tertiary/aromatic N) is 1. The topological polar surface area (TPSA) is 55.0 Å². The molecule has 0 fully saturated rings. The molecule has 4 heteroatoms. The standard InChI is InChI=1S/C18H18N2O2/c1-12(2)22-11-13-7-3-4-8-14(13)17-19-16-10-6-5-9-15(16)18(21)20-17/h3-10,12H,11H2,1-2H3,(H,19,20,21). The summed E-state index contributed by atoms with van der Waals surface area (Å²) in [5, 5.41) is 0.599. The summed E-state index contributed by atoms with van der Waals surface area (Å²) in [7, 11) is 0. The maximum atomic E-state index is 12.2. The third-order valence-corrected chi connectivity index (χ3v) is 3.46. The first-order valence-corrected chi connectivity index (χ1v) is 7.34. The highest BCUT2D eigenvalue weighted by Crippen LogP contribution is 2.22. The van der Waals surface area contributed by atoms with Crippen molar-refractivity contribution in [2.45, 2.75) is 26.6 Å². The van der Waals surface area contributed by atoms with Gasteiger partial charge >= 0.3 is 0 Å². The Kier molecular flexibility index (Phi) is 4.02. The first kappa shape index (κ1) is 14.5. The molecule has 0 radical (unpaired) electrons. The zero-order valence-electron chi connectivity index (χ0n) is 12.7. The molecule has 4 nitrogen and oxygen atoms in total. The number of aromatic amines is 1. The van der Waals surface area contributed by atoms with E-state index in [0.717, 1.165) is 11.1 Å². The summed E-state index contributed by atoms with van der Waals surface area (Å²) in [6, 6.07) is 15.2. The average molecular weight is 294 g/mol. The van der Waals surface area contributed by atoms with Crippen LogP contribution >= 0.6 is 0 Å². The molecular formula is C18H18N2O2. The van der Waals surface area contributed by atoms with E-state index in [9.17, 15) is 4.79 Å². The van der Waals surface area contributed by atoms with E-state index < -0.39 is 0 Å². The van der Waals surface area contributed by atoms with Crippen LogP contribution in [0, 0.1) is 0 Å². The summed E-state index contributed by atoms with van der Waals surface area (Å²) in [5.74, 6) is 0.576. The number of H-pyrrole nitrogens is 1. The molecular weight excluding hydrogens is 276 g/mol. The van der Waals surface area contributed by atoms with Gasteiger partial charge in [0.05, 0.1) is 23.6 Å². The Bertz CT molecular complexity index is 853. The first-order chi connectivity index (χ1) is 10.6. The normalized spacial score (nSPS) is 11.2. The van der Waals surface area contributed by atoms with Gasteiger partial charge in [-0.2, -0.15) is 0 Å². The van der Waals surface area contributed by atoms with Gasteiger partial charge in [0.1, 0.15) is 5.82 Å². The minimum absolute atomic E-state index is 0.125. The maximum Gasteiger partial charge on any atom is 0.259 e. The first-order valence-electron chi connectivity index (χ1n) is 7.34. The molecule has 2 aromatic carbocycles. The molecule has 0 spiro atoms. The van der Waals surface area contributed by atoms with E-state index in [-0.39, 0.29) is 11.7 Å². The molecule has 112 valence electrons. The maximum absolute atomic E-state index is 12.2. The van der Waals surface area contributed by atoms with Crippen molar-refractivity contribution in [2.75, 3.05) is 0 Å². The lowest BCUT2D eigenvalue weighted by atomic mass is 10.1. The minimum Gasteiger partial charge on any atom is -0.374 e. The fourth-order valence-corrected chi connectivity index (χ4v) is 2.35. The number of nitrogens with one attached hydrogen (secondary N) is 1. The van der Waals surface area contributed by atoms with Crippen molar-refractivity contribution in [2.24, 2.45) is 0 Å². The SMILES string of the molecule is CC(C)OCc1ccccc1-c1nc2ccccc2c(=O)[nH]1. The predicted octanol–water partition coefficient (Wildman–Crippen LogP) is 3.52. The Morgan fingerprint density at radius 2 is 1.82 bits per heavy atom. The van der Waals surface area contributed by atoms with Crippen LogP contribution in [0.3, 0.4) is 0 Å². The Morgan fingerprint density at radius 1 is 1.09 bits per heavy atom. The van der Waals surface area contributed by atoms with Gasteiger partial charge < -0.3 is 9.72 Å². The largest absolute Gasteiger partial charge is 0.374 e. The number of para-hydroxylation sites is 1. The highest BCUT2D eigenvalue weighted by atomic mass is 16.5. The van der Waals surface area contributed by atoms with Crippen LogP contribution in [0.5, 0.6) is 0 Å². The summed E-state index contributed by atoms with van der Waals surface area (Å²) in [4.78, 5) is 19.7. The lowest BCUT2D eigenvalue weighted by molar-refractivity contribution is 0.0659. The van der Waals surface area contributed by atoms with E-state index in [0.29, 0.717) is 23.3 Å². The van der Waals surface area contributed by atoms with Crippen molar-refractivity contribution in [3.8, 4) is 11.4 Å². The molecule has 1 heterocycles. The van der Waals surface area contributed by atoms with E-state index in [1.165, 1.54) is 0 Å². The van der Waals surface area contributed by atoms with Crippen molar-refractivity contribution < 1.29 is 4.74 Å². The lowest BCUT2D eigenvalue weighted by Gasteiger charge is -2.12. The van der Waals surface area contributed by atoms with Crippen LogP contribution in [-0.4, -0.2) is 16.1 Å². The van der Waals surface area contributed by atoms with E-state index in [2.05, 4.69) is 9.97 Å². The highest BCUT2D eigenvalue weighted by molar-refractivity contribution is 5.79. The fraction of sp³-hybridized carbons (Fsp3) is 0.222. The van der Waals surface area contributed by atoms with Gasteiger partial charge in [0, 0.05) is 5.56 Å². The van der Waals surface area contributed by atoms with Crippen LogP contribution in [0.25, 0.3) is 22.3 Å². The molecule has 0 bridgehead atoms. The molecule has 0 atom stereocenters.